The quantitative estimate of drug-likeness (QED) is 0.564. The lowest BCUT2D eigenvalue weighted by Gasteiger charge is -2.27. The topological polar surface area (TPSA) is 119 Å². The molecule has 3 aromatic rings. The molecule has 3 atom stereocenters. The molecule has 0 unspecified atom stereocenters. The van der Waals surface area contributed by atoms with Crippen molar-refractivity contribution in [1.82, 2.24) is 24.4 Å². The first-order chi connectivity index (χ1) is 14.4. The van der Waals surface area contributed by atoms with Crippen LogP contribution >= 0.6 is 15.9 Å². The van der Waals surface area contributed by atoms with E-state index in [1.54, 1.807) is 23.1 Å². The van der Waals surface area contributed by atoms with Gasteiger partial charge in [-0.05, 0) is 59.8 Å². The number of fused-ring (bicyclic) bond motifs is 2. The molecular weight excluding hydrogens is 450 g/mol. The van der Waals surface area contributed by atoms with E-state index in [1.807, 2.05) is 17.6 Å². The van der Waals surface area contributed by atoms with Crippen molar-refractivity contribution in [3.8, 4) is 0 Å². The molecule has 1 aliphatic heterocycles. The Balaban J connectivity index is 1.38. The standard InChI is InChI=1S/C20H20BrN7O2/c1-10-5-12-18(22)23-9-24-19(12)27(10)8-17(29)28-13-6-11(13)7-14(28)20(30)26-16-4-2-3-15(21)25-16/h2-5,9,11,13-14H,6-8H2,1H3,(H2,22,23,24)(H,25,26,30)/t11-,13-,14+/m1/s1. The Morgan fingerprint density at radius 2 is 2.13 bits per heavy atom. The molecule has 1 aliphatic carbocycles. The summed E-state index contributed by atoms with van der Waals surface area (Å²) in [4.78, 5) is 40.5. The number of nitrogens with two attached hydrogens (primary N) is 1. The monoisotopic (exact) mass is 469 g/mol. The molecule has 30 heavy (non-hydrogen) atoms. The molecule has 10 heteroatoms. The summed E-state index contributed by atoms with van der Waals surface area (Å²) in [6, 6.07) is 6.83. The van der Waals surface area contributed by atoms with Crippen LogP contribution in [0.15, 0.2) is 35.2 Å². The molecule has 2 aliphatic rings. The van der Waals surface area contributed by atoms with Crippen molar-refractivity contribution in [2.75, 3.05) is 11.1 Å². The SMILES string of the molecule is Cc1cc2c(N)ncnc2n1CC(=O)N1[C@@H]2C[C@@H]2C[C@H]1C(=O)Nc1cccc(Br)n1. The molecule has 5 rings (SSSR count). The maximum Gasteiger partial charge on any atom is 0.248 e. The highest BCUT2D eigenvalue weighted by Gasteiger charge is 2.56. The van der Waals surface area contributed by atoms with Crippen molar-refractivity contribution in [1.29, 1.82) is 0 Å². The van der Waals surface area contributed by atoms with Gasteiger partial charge in [0.15, 0.2) is 0 Å². The Bertz CT molecular complexity index is 1180. The highest BCUT2D eigenvalue weighted by atomic mass is 79.9. The van der Waals surface area contributed by atoms with Gasteiger partial charge in [0.1, 0.15) is 40.8 Å². The van der Waals surface area contributed by atoms with Crippen molar-refractivity contribution >= 4 is 50.4 Å². The molecule has 9 nitrogen and oxygen atoms in total. The number of likely N-dealkylation sites (tertiary alicyclic amines) is 1. The number of hydrogen-bond acceptors (Lipinski definition) is 6. The fourth-order valence-electron chi connectivity index (χ4n) is 4.36. The highest BCUT2D eigenvalue weighted by Crippen LogP contribution is 2.48. The number of carbonyl (C=O) groups is 2. The molecule has 3 N–H and O–H groups in total. The lowest BCUT2D eigenvalue weighted by atomic mass is 10.1. The average Bonchev–Trinajstić information content (AvgIpc) is 3.24. The van der Waals surface area contributed by atoms with Crippen LogP contribution < -0.4 is 11.1 Å². The number of carbonyl (C=O) groups excluding carboxylic acids is 2. The summed E-state index contributed by atoms with van der Waals surface area (Å²) in [5.41, 5.74) is 7.44. The Morgan fingerprint density at radius 3 is 2.93 bits per heavy atom. The zero-order chi connectivity index (χ0) is 21.0. The number of piperidine rings is 1. The average molecular weight is 470 g/mol. The normalized spacial score (nSPS) is 22.2. The van der Waals surface area contributed by atoms with Crippen LogP contribution in [0.5, 0.6) is 0 Å². The summed E-state index contributed by atoms with van der Waals surface area (Å²) in [5, 5.41) is 3.57. The van der Waals surface area contributed by atoms with E-state index in [1.165, 1.54) is 6.33 Å². The van der Waals surface area contributed by atoms with Crippen molar-refractivity contribution in [2.24, 2.45) is 5.92 Å². The van der Waals surface area contributed by atoms with Crippen LogP contribution in [-0.4, -0.2) is 48.3 Å². The molecule has 3 aromatic heterocycles. The van der Waals surface area contributed by atoms with Crippen LogP contribution in [-0.2, 0) is 16.1 Å². The summed E-state index contributed by atoms with van der Waals surface area (Å²) in [7, 11) is 0. The number of hydrogen-bond donors (Lipinski definition) is 2. The minimum Gasteiger partial charge on any atom is -0.383 e. The summed E-state index contributed by atoms with van der Waals surface area (Å²) >= 11 is 3.30. The van der Waals surface area contributed by atoms with Crippen LogP contribution in [0, 0.1) is 12.8 Å². The number of nitrogen functional groups attached to an aromatic ring is 1. The number of aromatic nitrogens is 4. The van der Waals surface area contributed by atoms with E-state index in [4.69, 9.17) is 5.73 Å². The second-order valence-corrected chi connectivity index (χ2v) is 8.63. The van der Waals surface area contributed by atoms with Crippen LogP contribution in [0.4, 0.5) is 11.6 Å². The first-order valence-corrected chi connectivity index (χ1v) is 10.5. The number of rotatable bonds is 4. The van der Waals surface area contributed by atoms with E-state index in [0.29, 0.717) is 34.2 Å². The van der Waals surface area contributed by atoms with Crippen LogP contribution in [0.1, 0.15) is 18.5 Å². The van der Waals surface area contributed by atoms with E-state index >= 15 is 0 Å². The molecule has 2 fully saturated rings. The number of pyridine rings is 1. The van der Waals surface area contributed by atoms with Crippen molar-refractivity contribution in [3.05, 3.63) is 40.9 Å². The molecule has 0 radical (unpaired) electrons. The van der Waals surface area contributed by atoms with Gasteiger partial charge in [-0.2, -0.15) is 0 Å². The van der Waals surface area contributed by atoms with Gasteiger partial charge in [-0.15, -0.1) is 0 Å². The summed E-state index contributed by atoms with van der Waals surface area (Å²) < 4.78 is 2.47. The molecular formula is C20H20BrN7O2. The Morgan fingerprint density at radius 1 is 1.30 bits per heavy atom. The van der Waals surface area contributed by atoms with Crippen LogP contribution in [0.2, 0.25) is 0 Å². The van der Waals surface area contributed by atoms with Crippen molar-refractivity contribution in [2.45, 2.75) is 38.4 Å². The van der Waals surface area contributed by atoms with E-state index in [9.17, 15) is 9.59 Å². The first kappa shape index (κ1) is 19.0. The first-order valence-electron chi connectivity index (χ1n) is 9.73. The summed E-state index contributed by atoms with van der Waals surface area (Å²) in [6.07, 6.45) is 3.02. The number of nitrogens with one attached hydrogen (secondary N) is 1. The van der Waals surface area contributed by atoms with E-state index in [2.05, 4.69) is 36.2 Å². The van der Waals surface area contributed by atoms with Gasteiger partial charge in [0.25, 0.3) is 0 Å². The fraction of sp³-hybridized carbons (Fsp3) is 0.350. The predicted molar refractivity (Wildman–Crippen MR) is 114 cm³/mol. The van der Waals surface area contributed by atoms with Gasteiger partial charge >= 0.3 is 0 Å². The van der Waals surface area contributed by atoms with E-state index in [-0.39, 0.29) is 24.4 Å². The fourth-order valence-corrected chi connectivity index (χ4v) is 4.70. The van der Waals surface area contributed by atoms with E-state index in [0.717, 1.165) is 17.5 Å². The number of anilines is 2. The van der Waals surface area contributed by atoms with Gasteiger partial charge in [0.2, 0.25) is 11.8 Å². The lowest BCUT2D eigenvalue weighted by Crippen LogP contribution is -2.46. The minimum atomic E-state index is -0.496. The Hall–Kier alpha value is -3.01. The van der Waals surface area contributed by atoms with Crippen LogP contribution in [0.25, 0.3) is 11.0 Å². The molecule has 4 heterocycles. The van der Waals surface area contributed by atoms with Gasteiger partial charge in [0.05, 0.1) is 5.39 Å². The maximum atomic E-state index is 13.3. The second-order valence-electron chi connectivity index (χ2n) is 7.82. The van der Waals surface area contributed by atoms with Crippen LogP contribution in [0.3, 0.4) is 0 Å². The second kappa shape index (κ2) is 7.05. The molecule has 1 saturated carbocycles. The van der Waals surface area contributed by atoms with Gasteiger partial charge in [-0.1, -0.05) is 6.07 Å². The van der Waals surface area contributed by atoms with Gasteiger partial charge in [-0.25, -0.2) is 15.0 Å². The number of halogens is 1. The molecule has 0 bridgehead atoms. The lowest BCUT2D eigenvalue weighted by molar-refractivity contribution is -0.138. The smallest absolute Gasteiger partial charge is 0.248 e. The summed E-state index contributed by atoms with van der Waals surface area (Å²) in [5.74, 6) is 0.931. The van der Waals surface area contributed by atoms with Gasteiger partial charge in [0, 0.05) is 11.7 Å². The zero-order valence-corrected chi connectivity index (χ0v) is 17.8. The molecule has 0 aromatic carbocycles. The molecule has 0 spiro atoms. The number of amides is 2. The summed E-state index contributed by atoms with van der Waals surface area (Å²) in [6.45, 7) is 2.01. The largest absolute Gasteiger partial charge is 0.383 e. The number of aryl methyl sites for hydroxylation is 1. The van der Waals surface area contributed by atoms with Crippen molar-refractivity contribution < 1.29 is 9.59 Å². The Kier molecular flexibility index (Phi) is 4.46. The maximum absolute atomic E-state index is 13.3. The zero-order valence-electron chi connectivity index (χ0n) is 16.2. The third-order valence-corrected chi connectivity index (χ3v) is 6.32. The van der Waals surface area contributed by atoms with Gasteiger partial charge in [-0.3, -0.25) is 9.59 Å². The highest BCUT2D eigenvalue weighted by molar-refractivity contribution is 9.10. The predicted octanol–water partition coefficient (Wildman–Crippen LogP) is 2.11. The Labute approximate surface area is 180 Å². The van der Waals surface area contributed by atoms with E-state index < -0.39 is 6.04 Å². The van der Waals surface area contributed by atoms with Crippen molar-refractivity contribution in [3.63, 3.8) is 0 Å². The van der Waals surface area contributed by atoms with Gasteiger partial charge < -0.3 is 20.5 Å². The molecule has 154 valence electrons. The third kappa shape index (κ3) is 3.20. The minimum absolute atomic E-state index is 0.0971. The number of nitrogens with zero attached hydrogens (tertiary/aromatic N) is 5. The molecule has 2 amide bonds. The third-order valence-electron chi connectivity index (χ3n) is 5.88. The molecule has 1 saturated heterocycles.